The van der Waals surface area contributed by atoms with Gasteiger partial charge in [-0.05, 0) is 103 Å². The summed E-state index contributed by atoms with van der Waals surface area (Å²) in [4.78, 5) is 61.9. The van der Waals surface area contributed by atoms with Crippen LogP contribution >= 0.6 is 0 Å². The zero-order chi connectivity index (χ0) is 52.9. The molecule has 3 aromatic heterocycles. The van der Waals surface area contributed by atoms with E-state index in [-0.39, 0.29) is 35.6 Å². The number of nitrogens with one attached hydrogen (secondary N) is 6. The lowest BCUT2D eigenvalue weighted by molar-refractivity contribution is 0.0964. The summed E-state index contributed by atoms with van der Waals surface area (Å²) in [6.07, 6.45) is 5.20. The molecule has 1 aliphatic heterocycles. The predicted octanol–water partition coefficient (Wildman–Crippen LogP) is 3.47. The van der Waals surface area contributed by atoms with Crippen molar-refractivity contribution in [3.05, 3.63) is 77.7 Å². The summed E-state index contributed by atoms with van der Waals surface area (Å²) in [6, 6.07) is 18.0. The van der Waals surface area contributed by atoms with Crippen molar-refractivity contribution >= 4 is 68.3 Å². The van der Waals surface area contributed by atoms with E-state index in [4.69, 9.17) is 46.6 Å². The van der Waals surface area contributed by atoms with Gasteiger partial charge in [0.05, 0.1) is 45.6 Å². The van der Waals surface area contributed by atoms with Crippen molar-refractivity contribution in [2.75, 3.05) is 102 Å². The lowest BCUT2D eigenvalue weighted by atomic mass is 10.2. The highest BCUT2D eigenvalue weighted by Crippen LogP contribution is 2.33. The molecule has 4 heterocycles. The number of hydrogen-bond acceptors (Lipinski definition) is 14. The van der Waals surface area contributed by atoms with Gasteiger partial charge in [-0.3, -0.25) is 45.3 Å². The number of aromatic nitrogens is 3. The van der Waals surface area contributed by atoms with Crippen LogP contribution in [0.25, 0.3) is 32.7 Å². The van der Waals surface area contributed by atoms with Crippen LogP contribution in [-0.4, -0.2) is 162 Å². The van der Waals surface area contributed by atoms with Crippen molar-refractivity contribution in [3.8, 4) is 28.7 Å². The van der Waals surface area contributed by atoms with Gasteiger partial charge in [-0.2, -0.15) is 0 Å². The summed E-state index contributed by atoms with van der Waals surface area (Å²) in [5.74, 6) is 2.49. The first-order chi connectivity index (χ1) is 35.2. The number of hydrogen-bond donors (Lipinski definition) is 10. The predicted molar refractivity (Wildman–Crippen MR) is 287 cm³/mol. The largest absolute Gasteiger partial charge is 0.496 e. The highest BCUT2D eigenvalue weighted by molar-refractivity contribution is 6.09. The first-order valence-corrected chi connectivity index (χ1v) is 23.8. The number of guanidine groups is 3. The van der Waals surface area contributed by atoms with Crippen molar-refractivity contribution in [3.63, 3.8) is 0 Å². The van der Waals surface area contributed by atoms with Crippen molar-refractivity contribution in [1.29, 1.82) is 0 Å². The van der Waals surface area contributed by atoms with Crippen molar-refractivity contribution in [2.45, 2.75) is 32.1 Å². The molecule has 0 atom stereocenters. The molecule has 1 saturated heterocycles. The van der Waals surface area contributed by atoms with E-state index in [1.807, 2.05) is 50.5 Å². The molecule has 3 amide bonds. The summed E-state index contributed by atoms with van der Waals surface area (Å²) in [5.41, 5.74) is 25.8. The van der Waals surface area contributed by atoms with Gasteiger partial charge < -0.3 is 71.4 Å². The van der Waals surface area contributed by atoms with Crippen LogP contribution in [0.15, 0.2) is 75.6 Å². The Morgan fingerprint density at radius 2 is 1.10 bits per heavy atom. The third-order valence-corrected chi connectivity index (χ3v) is 11.3. The molecule has 14 N–H and O–H groups in total. The number of ether oxygens (including phenoxy) is 5. The molecule has 73 heavy (non-hydrogen) atoms. The topological polar surface area (TPSA) is 328 Å². The van der Waals surface area contributed by atoms with Crippen LogP contribution in [-0.2, 0) is 0 Å². The summed E-state index contributed by atoms with van der Waals surface area (Å²) >= 11 is 0. The Hall–Kier alpha value is -8.02. The molecule has 0 radical (unpaired) electrons. The van der Waals surface area contributed by atoms with Crippen LogP contribution in [0, 0.1) is 0 Å². The van der Waals surface area contributed by atoms with Gasteiger partial charge in [0, 0.05) is 73.1 Å². The SMILES string of the molecule is CN=C(N)NC(=O)c1cc2c(OC)cc(OCCCN(C)C)cc2[nH]1.CN=C(N)NC(=O)c1cc2c(OC)cc(OCCCN)cc2[nH]1.COc1cccc2[nH]c(C(=O)NC(N)=NCCCN3CCCC3)cc12. The molecule has 0 aliphatic carbocycles. The summed E-state index contributed by atoms with van der Waals surface area (Å²) < 4.78 is 27.5. The minimum atomic E-state index is -0.378. The Labute approximate surface area is 424 Å². The standard InChI is InChI=1S/C18H25N5O2.C17H25N5O3.C15H21N5O3/c1-25-16-7-4-6-14-13(16)12-15(21-14)17(24)22-18(19)20-8-5-11-23-9-2-3-10-23;1-19-17(18)21-16(23)14-10-12-13(20-14)8-11(9-15(12)24-4)25-7-5-6-22(2)3;1-18-15(17)20-14(21)12-8-10-11(19-12)6-9(7-13(10)22-2)23-5-3-4-16/h4,6-7,12,21H,2-3,5,8-11H2,1H3,(H3,19,20,22,24);8-10,20H,5-7H2,1-4H3,(H3,18,19,21,23);6-8,19H,3-5,16H2,1-2H3,(H3,17,18,20,21). The van der Waals surface area contributed by atoms with Crippen LogP contribution in [0.5, 0.6) is 28.7 Å². The molecule has 0 unspecified atom stereocenters. The van der Waals surface area contributed by atoms with Crippen molar-refractivity contribution in [1.82, 2.24) is 40.7 Å². The average molecular weight is 1010 g/mol. The maximum atomic E-state index is 12.3. The lowest BCUT2D eigenvalue weighted by Crippen LogP contribution is -2.37. The molecule has 23 nitrogen and oxygen atoms in total. The first kappa shape index (κ1) is 55.9. The van der Waals surface area contributed by atoms with Gasteiger partial charge in [0.2, 0.25) is 0 Å². The van der Waals surface area contributed by atoms with Crippen LogP contribution in [0.3, 0.4) is 0 Å². The Morgan fingerprint density at radius 3 is 1.56 bits per heavy atom. The van der Waals surface area contributed by atoms with E-state index in [0.29, 0.717) is 66.4 Å². The summed E-state index contributed by atoms with van der Waals surface area (Å²) in [5, 5.41) is 10.0. The molecule has 394 valence electrons. The highest BCUT2D eigenvalue weighted by atomic mass is 16.5. The second kappa shape index (κ2) is 28.1. The number of H-pyrrole nitrogens is 3. The zero-order valence-corrected chi connectivity index (χ0v) is 42.8. The lowest BCUT2D eigenvalue weighted by Gasteiger charge is -2.12. The normalized spacial score (nSPS) is 13.0. The number of carbonyl (C=O) groups is 3. The van der Waals surface area contributed by atoms with Gasteiger partial charge in [0.1, 0.15) is 45.8 Å². The number of benzene rings is 3. The van der Waals surface area contributed by atoms with Crippen LogP contribution in [0.4, 0.5) is 0 Å². The molecule has 0 saturated carbocycles. The van der Waals surface area contributed by atoms with Crippen molar-refractivity contribution < 1.29 is 38.1 Å². The van der Waals surface area contributed by atoms with Gasteiger partial charge in [-0.15, -0.1) is 0 Å². The molecular formula is C50H71N15O8. The highest BCUT2D eigenvalue weighted by Gasteiger charge is 2.17. The third kappa shape index (κ3) is 16.5. The van der Waals surface area contributed by atoms with Gasteiger partial charge in [-0.1, -0.05) is 6.07 Å². The van der Waals surface area contributed by atoms with E-state index >= 15 is 0 Å². The molecule has 6 aromatic rings. The van der Waals surface area contributed by atoms with Crippen LogP contribution in [0.1, 0.15) is 63.6 Å². The summed E-state index contributed by atoms with van der Waals surface area (Å²) in [6.45, 7) is 6.64. The molecule has 0 spiro atoms. The second-order valence-corrected chi connectivity index (χ2v) is 16.9. The fraction of sp³-hybridized carbons (Fsp3) is 0.400. The van der Waals surface area contributed by atoms with E-state index in [2.05, 4.69) is 55.7 Å². The zero-order valence-electron chi connectivity index (χ0n) is 42.8. The molecule has 1 aliphatic rings. The number of aliphatic imine (C=N–C) groups is 3. The monoisotopic (exact) mass is 1010 g/mol. The van der Waals surface area contributed by atoms with Crippen LogP contribution in [0.2, 0.25) is 0 Å². The maximum Gasteiger partial charge on any atom is 0.274 e. The molecular weight excluding hydrogens is 939 g/mol. The molecule has 23 heteroatoms. The number of nitrogens with zero attached hydrogens (tertiary/aromatic N) is 5. The van der Waals surface area contributed by atoms with Gasteiger partial charge in [-0.25, -0.2) is 0 Å². The Balaban J connectivity index is 0.000000203. The van der Waals surface area contributed by atoms with E-state index in [1.54, 1.807) is 45.6 Å². The van der Waals surface area contributed by atoms with Crippen LogP contribution < -0.4 is 62.6 Å². The maximum absolute atomic E-state index is 12.3. The molecule has 3 aromatic carbocycles. The van der Waals surface area contributed by atoms with Crippen molar-refractivity contribution in [2.24, 2.45) is 37.9 Å². The minimum absolute atomic E-state index is 0.0476. The van der Waals surface area contributed by atoms with E-state index in [0.717, 1.165) is 70.8 Å². The fourth-order valence-electron chi connectivity index (χ4n) is 7.58. The minimum Gasteiger partial charge on any atom is -0.496 e. The number of nitrogens with two attached hydrogens (primary N) is 4. The molecule has 0 bridgehead atoms. The van der Waals surface area contributed by atoms with Gasteiger partial charge in [0.15, 0.2) is 17.9 Å². The number of amides is 3. The van der Waals surface area contributed by atoms with E-state index in [1.165, 1.54) is 40.0 Å². The molecule has 1 fully saturated rings. The summed E-state index contributed by atoms with van der Waals surface area (Å²) in [7, 11) is 11.8. The Bertz CT molecular complexity index is 2860. The smallest absolute Gasteiger partial charge is 0.274 e. The van der Waals surface area contributed by atoms with E-state index < -0.39 is 0 Å². The van der Waals surface area contributed by atoms with Gasteiger partial charge >= 0.3 is 0 Å². The Kier molecular flexibility index (Phi) is 21.5. The quantitative estimate of drug-likeness (QED) is 0.0316. The Morgan fingerprint density at radius 1 is 0.630 bits per heavy atom. The fourth-order valence-corrected chi connectivity index (χ4v) is 7.58. The van der Waals surface area contributed by atoms with E-state index in [9.17, 15) is 14.4 Å². The third-order valence-electron chi connectivity index (χ3n) is 11.3. The number of carbonyl (C=O) groups excluding carboxylic acids is 3. The number of methoxy groups -OCH3 is 3. The number of rotatable bonds is 19. The number of fused-ring (bicyclic) bond motifs is 3. The van der Waals surface area contributed by atoms with Gasteiger partial charge in [0.25, 0.3) is 17.7 Å². The molecule has 7 rings (SSSR count). The number of aromatic amines is 3. The second-order valence-electron chi connectivity index (χ2n) is 16.9. The average Bonchev–Trinajstić information content (AvgIpc) is 4.23. The number of likely N-dealkylation sites (tertiary alicyclic amines) is 1. The first-order valence-electron chi connectivity index (χ1n) is 23.8.